The molecule has 0 spiro atoms. The van der Waals surface area contributed by atoms with Gasteiger partial charge in [0.05, 0.1) is 0 Å². The molecule has 0 rings (SSSR count). The Morgan fingerprint density at radius 3 is 2.25 bits per heavy atom. The van der Waals surface area contributed by atoms with Gasteiger partial charge in [-0.3, -0.25) is 0 Å². The van der Waals surface area contributed by atoms with Crippen LogP contribution in [0.4, 0.5) is 0 Å². The van der Waals surface area contributed by atoms with Gasteiger partial charge in [0.25, 0.3) is 0 Å². The third kappa shape index (κ3) is 3.42. The second-order valence-electron chi connectivity index (χ2n) is 2.02. The van der Waals surface area contributed by atoms with E-state index < -0.39 is 0 Å². The minimum absolute atomic E-state index is 0.223. The van der Waals surface area contributed by atoms with E-state index in [1.54, 1.807) is 0 Å². The van der Waals surface area contributed by atoms with Crippen LogP contribution in [-0.2, 0) is 25.9 Å². The summed E-state index contributed by atoms with van der Waals surface area (Å²) < 4.78 is 0.928. The molecule has 0 aromatic rings. The van der Waals surface area contributed by atoms with Crippen LogP contribution in [0.5, 0.6) is 0 Å². The van der Waals surface area contributed by atoms with Gasteiger partial charge in [-0.05, 0) is 0 Å². The summed E-state index contributed by atoms with van der Waals surface area (Å²) in [7, 11) is 0. The van der Waals surface area contributed by atoms with Gasteiger partial charge in [0.2, 0.25) is 0 Å². The van der Waals surface area contributed by atoms with Gasteiger partial charge in [0, 0.05) is 0 Å². The van der Waals surface area contributed by atoms with Crippen molar-refractivity contribution in [3.05, 3.63) is 0 Å². The van der Waals surface area contributed by atoms with Crippen molar-refractivity contribution in [2.24, 2.45) is 5.92 Å². The second-order valence-corrected chi connectivity index (χ2v) is 3.11. The van der Waals surface area contributed by atoms with Crippen molar-refractivity contribution in [2.45, 2.75) is 24.9 Å². The molecule has 0 aliphatic carbocycles. The van der Waals surface area contributed by atoms with Crippen molar-refractivity contribution in [1.82, 2.24) is 0 Å². The van der Waals surface area contributed by atoms with Crippen LogP contribution in [0, 0.1) is 5.92 Å². The summed E-state index contributed by atoms with van der Waals surface area (Å²) in [5, 5.41) is 0. The van der Waals surface area contributed by atoms with E-state index in [2.05, 4.69) is 21.1 Å². The van der Waals surface area contributed by atoms with Crippen molar-refractivity contribution < 1.29 is 25.9 Å². The number of carbonyl (C=O) groups excluding carboxylic acids is 1. The fourth-order valence-corrected chi connectivity index (χ4v) is 0.897. The molecule has 0 atom stereocenters. The van der Waals surface area contributed by atoms with E-state index in [4.69, 9.17) is 0 Å². The fraction of sp³-hybridized carbons (Fsp3) is 0.833. The third-order valence-electron chi connectivity index (χ3n) is 0.966. The van der Waals surface area contributed by atoms with Gasteiger partial charge in [-0.2, -0.15) is 0 Å². The SMILES string of the molecule is CC(C)C(=O)C[CH2][Au]. The second kappa shape index (κ2) is 4.30. The van der Waals surface area contributed by atoms with Crippen molar-refractivity contribution in [3.63, 3.8) is 0 Å². The number of carbonyl (C=O) groups is 1. The Hall–Kier alpha value is 0.410. The number of ketones is 1. The van der Waals surface area contributed by atoms with Gasteiger partial charge < -0.3 is 0 Å². The summed E-state index contributed by atoms with van der Waals surface area (Å²) in [5.74, 6) is 0.591. The third-order valence-corrected chi connectivity index (χ3v) is 1.51. The number of hydrogen-bond donors (Lipinski definition) is 0. The maximum absolute atomic E-state index is 10.7. The summed E-state index contributed by atoms with van der Waals surface area (Å²) in [5.41, 5.74) is 0. The van der Waals surface area contributed by atoms with E-state index in [1.807, 2.05) is 13.8 Å². The molecule has 0 saturated heterocycles. The monoisotopic (exact) mass is 296 g/mol. The number of hydrogen-bond acceptors (Lipinski definition) is 1. The van der Waals surface area contributed by atoms with E-state index in [-0.39, 0.29) is 5.92 Å². The van der Waals surface area contributed by atoms with Crippen LogP contribution in [0.25, 0.3) is 0 Å². The molecule has 1 nitrogen and oxygen atoms in total. The van der Waals surface area contributed by atoms with Gasteiger partial charge in [-0.25, -0.2) is 0 Å². The Balaban J connectivity index is 3.33. The van der Waals surface area contributed by atoms with Crippen molar-refractivity contribution >= 4 is 5.78 Å². The average Bonchev–Trinajstić information content (AvgIpc) is 1.67. The number of rotatable bonds is 3. The zero-order valence-electron chi connectivity index (χ0n) is 5.20. The molecule has 2 heteroatoms. The van der Waals surface area contributed by atoms with Crippen LogP contribution >= 0.6 is 0 Å². The van der Waals surface area contributed by atoms with Crippen LogP contribution in [0.15, 0.2) is 0 Å². The molecule has 0 aliphatic rings. The van der Waals surface area contributed by atoms with E-state index in [1.165, 1.54) is 0 Å². The van der Waals surface area contributed by atoms with Crippen LogP contribution in [-0.4, -0.2) is 5.78 Å². The molecule has 0 fully saturated rings. The predicted molar refractivity (Wildman–Crippen MR) is 29.3 cm³/mol. The molecule has 0 aliphatic heterocycles. The molecule has 0 radical (unpaired) electrons. The zero-order valence-corrected chi connectivity index (χ0v) is 7.37. The first kappa shape index (κ1) is 8.41. The van der Waals surface area contributed by atoms with Gasteiger partial charge in [0.1, 0.15) is 0 Å². The quantitative estimate of drug-likeness (QED) is 0.723. The van der Waals surface area contributed by atoms with Gasteiger partial charge in [-0.1, -0.05) is 0 Å². The van der Waals surface area contributed by atoms with E-state index in [9.17, 15) is 4.79 Å². The summed E-state index contributed by atoms with van der Waals surface area (Å²) in [4.78, 5) is 10.7. The Kier molecular flexibility index (Phi) is 4.53. The Morgan fingerprint density at radius 2 is 2.12 bits per heavy atom. The summed E-state index contributed by atoms with van der Waals surface area (Å²) in [6.45, 7) is 3.87. The first-order valence-corrected chi connectivity index (χ1v) is 4.25. The summed E-state index contributed by atoms with van der Waals surface area (Å²) in [6.07, 6.45) is 0.723. The molecular weight excluding hydrogens is 285 g/mol. The predicted octanol–water partition coefficient (Wildman–Crippen LogP) is 1.57. The molecule has 0 aromatic heterocycles. The summed E-state index contributed by atoms with van der Waals surface area (Å²) in [6, 6.07) is 0. The molecule has 0 aromatic carbocycles. The minimum atomic E-state index is 0.223. The van der Waals surface area contributed by atoms with Crippen molar-refractivity contribution in [2.75, 3.05) is 0 Å². The molecular formula is C6H11AuO. The van der Waals surface area contributed by atoms with Crippen molar-refractivity contribution in [3.8, 4) is 0 Å². The molecule has 8 heavy (non-hydrogen) atoms. The maximum atomic E-state index is 10.7. The molecule has 0 unspecified atom stereocenters. The van der Waals surface area contributed by atoms with Crippen LogP contribution in [0.1, 0.15) is 20.3 Å². The van der Waals surface area contributed by atoms with Crippen molar-refractivity contribution in [1.29, 1.82) is 0 Å². The van der Waals surface area contributed by atoms with E-state index >= 15 is 0 Å². The summed E-state index contributed by atoms with van der Waals surface area (Å²) >= 11 is 2.37. The standard InChI is InChI=1S/C6H11O.Au/c1-4-6(7)5(2)3;/h5H,1,4H2,2-3H3;. The van der Waals surface area contributed by atoms with E-state index in [0.29, 0.717) is 5.78 Å². The van der Waals surface area contributed by atoms with Gasteiger partial charge in [-0.15, -0.1) is 0 Å². The van der Waals surface area contributed by atoms with Crippen LogP contribution in [0.3, 0.4) is 0 Å². The zero-order chi connectivity index (χ0) is 6.57. The first-order chi connectivity index (χ1) is 3.68. The van der Waals surface area contributed by atoms with Crippen LogP contribution in [0.2, 0.25) is 4.64 Å². The van der Waals surface area contributed by atoms with E-state index in [0.717, 1.165) is 11.1 Å². The first-order valence-electron chi connectivity index (χ1n) is 2.71. The number of Topliss-reactive ketones (excluding diaryl/α,β-unsaturated/α-hetero) is 1. The Morgan fingerprint density at radius 1 is 1.62 bits per heavy atom. The molecule has 52 valence electrons. The molecule has 0 amide bonds. The van der Waals surface area contributed by atoms with Crippen LogP contribution < -0.4 is 0 Å². The molecule has 0 N–H and O–H groups in total. The Labute approximate surface area is 62.8 Å². The Bertz CT molecular complexity index is 78.6. The molecule has 0 heterocycles. The van der Waals surface area contributed by atoms with Gasteiger partial charge >= 0.3 is 62.5 Å². The fourth-order valence-electron chi connectivity index (χ4n) is 0.363. The molecule has 0 bridgehead atoms. The average molecular weight is 296 g/mol. The molecule has 0 saturated carbocycles. The van der Waals surface area contributed by atoms with Gasteiger partial charge in [0.15, 0.2) is 0 Å². The normalized spacial score (nSPS) is 10.1. The topological polar surface area (TPSA) is 17.1 Å².